The minimum absolute atomic E-state index is 0.0220. The predicted octanol–water partition coefficient (Wildman–Crippen LogP) is 2.64. The van der Waals surface area contributed by atoms with Crippen molar-refractivity contribution in [1.29, 1.82) is 0 Å². The van der Waals surface area contributed by atoms with Gasteiger partial charge < -0.3 is 14.8 Å². The first-order valence-corrected chi connectivity index (χ1v) is 5.85. The van der Waals surface area contributed by atoms with Crippen molar-refractivity contribution in [3.05, 3.63) is 29.8 Å². The van der Waals surface area contributed by atoms with Crippen LogP contribution in [0.25, 0.3) is 0 Å². The van der Waals surface area contributed by atoms with Gasteiger partial charge in [0.15, 0.2) is 0 Å². The first kappa shape index (κ1) is 11.8. The van der Waals surface area contributed by atoms with Gasteiger partial charge in [-0.25, -0.2) is 4.79 Å². The maximum absolute atomic E-state index is 11.2. The molecule has 1 aliphatic heterocycles. The molecule has 4 nitrogen and oxygen atoms in total. The molecule has 0 unspecified atom stereocenters. The summed E-state index contributed by atoms with van der Waals surface area (Å²) >= 11 is 0. The van der Waals surface area contributed by atoms with Crippen LogP contribution in [-0.4, -0.2) is 18.8 Å². The second-order valence-corrected chi connectivity index (χ2v) is 4.33. The number of para-hydroxylation sites is 1. The number of rotatable bonds is 3. The summed E-state index contributed by atoms with van der Waals surface area (Å²) in [7, 11) is 0. The van der Waals surface area contributed by atoms with E-state index in [1.54, 1.807) is 0 Å². The fourth-order valence-electron chi connectivity index (χ4n) is 1.89. The van der Waals surface area contributed by atoms with Crippen molar-refractivity contribution in [2.24, 2.45) is 0 Å². The summed E-state index contributed by atoms with van der Waals surface area (Å²) in [5.41, 5.74) is 1.01. The fraction of sp³-hybridized carbons (Fsp3) is 0.462. The van der Waals surface area contributed by atoms with E-state index in [2.05, 4.69) is 5.32 Å². The Hall–Kier alpha value is -1.71. The number of benzene rings is 1. The van der Waals surface area contributed by atoms with Crippen molar-refractivity contribution >= 4 is 6.09 Å². The van der Waals surface area contributed by atoms with Crippen LogP contribution in [0.4, 0.5) is 4.79 Å². The van der Waals surface area contributed by atoms with E-state index in [-0.39, 0.29) is 18.2 Å². The number of nitrogens with one attached hydrogen (secondary N) is 1. The first-order valence-electron chi connectivity index (χ1n) is 5.85. The molecule has 1 fully saturated rings. The van der Waals surface area contributed by atoms with Gasteiger partial charge >= 0.3 is 6.09 Å². The molecule has 4 heteroatoms. The Morgan fingerprint density at radius 3 is 2.88 bits per heavy atom. The average molecular weight is 235 g/mol. The number of ether oxygens (including phenoxy) is 2. The number of cyclic esters (lactones) is 1. The molecule has 0 radical (unpaired) electrons. The van der Waals surface area contributed by atoms with Crippen LogP contribution in [0.2, 0.25) is 0 Å². The molecule has 1 amide bonds. The molecule has 0 aliphatic carbocycles. The van der Waals surface area contributed by atoms with E-state index in [1.807, 2.05) is 38.1 Å². The van der Waals surface area contributed by atoms with E-state index < -0.39 is 0 Å². The lowest BCUT2D eigenvalue weighted by Gasteiger charge is -2.26. The average Bonchev–Trinajstić information content (AvgIpc) is 2.29. The predicted molar refractivity (Wildman–Crippen MR) is 64.0 cm³/mol. The molecule has 0 aromatic heterocycles. The minimum Gasteiger partial charge on any atom is -0.491 e. The summed E-state index contributed by atoms with van der Waals surface area (Å²) in [6, 6.07) is 7.77. The molecule has 0 bridgehead atoms. The highest BCUT2D eigenvalue weighted by atomic mass is 16.6. The van der Waals surface area contributed by atoms with Gasteiger partial charge in [-0.1, -0.05) is 18.2 Å². The Labute approximate surface area is 101 Å². The minimum atomic E-state index is -0.361. The van der Waals surface area contributed by atoms with Gasteiger partial charge in [-0.15, -0.1) is 0 Å². The number of amides is 1. The number of hydrogen-bond donors (Lipinski definition) is 1. The fourth-order valence-corrected chi connectivity index (χ4v) is 1.89. The van der Waals surface area contributed by atoms with E-state index in [1.165, 1.54) is 0 Å². The lowest BCUT2D eigenvalue weighted by atomic mass is 10.0. The molecule has 92 valence electrons. The molecule has 1 aromatic rings. The Bertz CT molecular complexity index is 403. The number of alkyl carbamates (subject to hydrolysis) is 1. The number of hydrogen-bond acceptors (Lipinski definition) is 3. The molecule has 0 saturated carbocycles. The molecule has 1 saturated heterocycles. The smallest absolute Gasteiger partial charge is 0.407 e. The topological polar surface area (TPSA) is 47.6 Å². The highest BCUT2D eigenvalue weighted by Crippen LogP contribution is 2.29. The van der Waals surface area contributed by atoms with Gasteiger partial charge in [0.1, 0.15) is 5.75 Å². The molecular formula is C13H17NO3. The van der Waals surface area contributed by atoms with Crippen molar-refractivity contribution in [3.8, 4) is 5.75 Å². The zero-order chi connectivity index (χ0) is 12.3. The second-order valence-electron chi connectivity index (χ2n) is 4.33. The normalized spacial score (nSPS) is 19.7. The van der Waals surface area contributed by atoms with E-state index >= 15 is 0 Å². The summed E-state index contributed by atoms with van der Waals surface area (Å²) in [6.45, 7) is 4.42. The van der Waals surface area contributed by atoms with Crippen molar-refractivity contribution in [2.75, 3.05) is 6.61 Å². The molecule has 1 atom stereocenters. The van der Waals surface area contributed by atoms with Gasteiger partial charge in [0, 0.05) is 12.0 Å². The molecule has 1 aromatic carbocycles. The van der Waals surface area contributed by atoms with E-state index in [9.17, 15) is 4.79 Å². The largest absolute Gasteiger partial charge is 0.491 e. The Morgan fingerprint density at radius 2 is 2.18 bits per heavy atom. The quantitative estimate of drug-likeness (QED) is 0.876. The molecule has 2 rings (SSSR count). The van der Waals surface area contributed by atoms with Crippen LogP contribution in [-0.2, 0) is 4.74 Å². The van der Waals surface area contributed by atoms with Crippen molar-refractivity contribution in [3.63, 3.8) is 0 Å². The van der Waals surface area contributed by atoms with Crippen LogP contribution in [0.3, 0.4) is 0 Å². The maximum atomic E-state index is 11.2. The van der Waals surface area contributed by atoms with Gasteiger partial charge in [0.05, 0.1) is 18.8 Å². The Kier molecular flexibility index (Phi) is 3.52. The van der Waals surface area contributed by atoms with Crippen molar-refractivity contribution in [2.45, 2.75) is 32.4 Å². The molecule has 1 aliphatic rings. The molecule has 0 spiro atoms. The SMILES string of the molecule is CC(C)Oc1ccccc1[C@@H]1CCOC(=O)N1. The lowest BCUT2D eigenvalue weighted by molar-refractivity contribution is 0.114. The van der Waals surface area contributed by atoms with Gasteiger partial charge in [-0.05, 0) is 19.9 Å². The second kappa shape index (κ2) is 5.08. The highest BCUT2D eigenvalue weighted by molar-refractivity contribution is 5.68. The third kappa shape index (κ3) is 2.90. The zero-order valence-corrected chi connectivity index (χ0v) is 10.1. The molecule has 17 heavy (non-hydrogen) atoms. The third-order valence-corrected chi connectivity index (χ3v) is 2.59. The summed E-state index contributed by atoms with van der Waals surface area (Å²) in [6.07, 6.45) is 0.525. The summed E-state index contributed by atoms with van der Waals surface area (Å²) in [5.74, 6) is 0.828. The van der Waals surface area contributed by atoms with Crippen LogP contribution in [0.5, 0.6) is 5.75 Å². The monoisotopic (exact) mass is 235 g/mol. The molecule has 1 heterocycles. The van der Waals surface area contributed by atoms with E-state index in [0.717, 1.165) is 17.7 Å². The third-order valence-electron chi connectivity index (χ3n) is 2.59. The maximum Gasteiger partial charge on any atom is 0.407 e. The molecule has 1 N–H and O–H groups in total. The number of carbonyl (C=O) groups excluding carboxylic acids is 1. The van der Waals surface area contributed by atoms with Crippen LogP contribution in [0.15, 0.2) is 24.3 Å². The zero-order valence-electron chi connectivity index (χ0n) is 10.1. The van der Waals surface area contributed by atoms with Crippen LogP contribution in [0.1, 0.15) is 31.9 Å². The highest BCUT2D eigenvalue weighted by Gasteiger charge is 2.23. The van der Waals surface area contributed by atoms with E-state index in [0.29, 0.717) is 6.61 Å². The van der Waals surface area contributed by atoms with Gasteiger partial charge in [-0.2, -0.15) is 0 Å². The van der Waals surface area contributed by atoms with Crippen LogP contribution < -0.4 is 10.1 Å². The summed E-state index contributed by atoms with van der Waals surface area (Å²) in [4.78, 5) is 11.2. The van der Waals surface area contributed by atoms with Gasteiger partial charge in [0.25, 0.3) is 0 Å². The number of carbonyl (C=O) groups is 1. The van der Waals surface area contributed by atoms with Crippen LogP contribution >= 0.6 is 0 Å². The summed E-state index contributed by atoms with van der Waals surface area (Å²) < 4.78 is 10.6. The molecular weight excluding hydrogens is 218 g/mol. The van der Waals surface area contributed by atoms with E-state index in [4.69, 9.17) is 9.47 Å². The first-order chi connectivity index (χ1) is 8.16. The van der Waals surface area contributed by atoms with Crippen LogP contribution in [0, 0.1) is 0 Å². The van der Waals surface area contributed by atoms with Crippen molar-refractivity contribution in [1.82, 2.24) is 5.32 Å². The Balaban J connectivity index is 2.21. The standard InChI is InChI=1S/C13H17NO3/c1-9(2)17-12-6-4-3-5-10(12)11-7-8-16-13(15)14-11/h3-6,9,11H,7-8H2,1-2H3,(H,14,15)/t11-/m0/s1. The summed E-state index contributed by atoms with van der Waals surface area (Å²) in [5, 5.41) is 2.81. The Morgan fingerprint density at radius 1 is 1.41 bits per heavy atom. The lowest BCUT2D eigenvalue weighted by Crippen LogP contribution is -2.35. The van der Waals surface area contributed by atoms with Gasteiger partial charge in [-0.3, -0.25) is 0 Å². The van der Waals surface area contributed by atoms with Gasteiger partial charge in [0.2, 0.25) is 0 Å². The van der Waals surface area contributed by atoms with Crippen molar-refractivity contribution < 1.29 is 14.3 Å².